The van der Waals surface area contributed by atoms with E-state index in [2.05, 4.69) is 16.8 Å². The quantitative estimate of drug-likeness (QED) is 0.438. The van der Waals surface area contributed by atoms with E-state index in [1.165, 1.54) is 0 Å². The molecule has 0 radical (unpaired) electrons. The van der Waals surface area contributed by atoms with E-state index in [0.29, 0.717) is 5.69 Å². The second-order valence-corrected chi connectivity index (χ2v) is 5.40. The van der Waals surface area contributed by atoms with E-state index in [1.807, 2.05) is 19.1 Å². The molecule has 1 aromatic carbocycles. The molecule has 0 unspecified atom stereocenters. The fraction of sp³-hybridized carbons (Fsp3) is 0.500. The Bertz CT molecular complexity index is 467. The molecule has 20 heavy (non-hydrogen) atoms. The molecule has 2 rings (SSSR count). The molecule has 4 N–H and O–H groups in total. The third-order valence-electron chi connectivity index (χ3n) is 4.04. The van der Waals surface area contributed by atoms with Crippen LogP contribution in [0.25, 0.3) is 0 Å². The zero-order chi connectivity index (χ0) is 14.5. The Kier molecular flexibility index (Phi) is 5.04. The number of nitrogen functional groups attached to an aromatic ring is 1. The van der Waals surface area contributed by atoms with Crippen molar-refractivity contribution in [3.8, 4) is 5.75 Å². The number of piperazine rings is 1. The van der Waals surface area contributed by atoms with Crippen molar-refractivity contribution in [2.75, 3.05) is 31.9 Å². The molecule has 110 valence electrons. The number of aryl methyl sites for hydroxylation is 1. The summed E-state index contributed by atoms with van der Waals surface area (Å²) >= 11 is 0. The fourth-order valence-electron chi connectivity index (χ4n) is 2.93. The first-order chi connectivity index (χ1) is 9.65. The van der Waals surface area contributed by atoms with Gasteiger partial charge in [-0.15, -0.1) is 6.58 Å². The molecule has 1 aliphatic rings. The average Bonchev–Trinajstić information content (AvgIpc) is 2.47. The van der Waals surface area contributed by atoms with Gasteiger partial charge in [0.25, 0.3) is 0 Å². The highest BCUT2D eigenvalue weighted by Crippen LogP contribution is 2.38. The zero-order valence-electron chi connectivity index (χ0n) is 12.2. The van der Waals surface area contributed by atoms with Gasteiger partial charge in [0.2, 0.25) is 0 Å². The van der Waals surface area contributed by atoms with Gasteiger partial charge in [-0.1, -0.05) is 12.1 Å². The predicted molar refractivity (Wildman–Crippen MR) is 83.9 cm³/mol. The molecule has 0 aromatic heterocycles. The maximum Gasteiger partial charge on any atom is 0.143 e. The molecule has 4 nitrogen and oxygen atoms in total. The molecule has 0 aliphatic carbocycles. The summed E-state index contributed by atoms with van der Waals surface area (Å²) in [5.41, 5.74) is 8.43. The highest BCUT2D eigenvalue weighted by atomic mass is 16.3. The first-order valence-electron chi connectivity index (χ1n) is 7.28. The lowest BCUT2D eigenvalue weighted by atomic mass is 9.93. The van der Waals surface area contributed by atoms with E-state index < -0.39 is 0 Å². The van der Waals surface area contributed by atoms with Crippen LogP contribution < -0.4 is 11.1 Å². The van der Waals surface area contributed by atoms with E-state index in [4.69, 9.17) is 5.73 Å². The molecule has 0 amide bonds. The minimum Gasteiger partial charge on any atom is -0.505 e. The number of benzene rings is 1. The second kappa shape index (κ2) is 6.77. The van der Waals surface area contributed by atoms with Crippen LogP contribution in [-0.2, 0) is 0 Å². The first kappa shape index (κ1) is 14.9. The van der Waals surface area contributed by atoms with Gasteiger partial charge in [0.1, 0.15) is 5.75 Å². The van der Waals surface area contributed by atoms with Crippen molar-refractivity contribution in [2.24, 2.45) is 0 Å². The van der Waals surface area contributed by atoms with Crippen LogP contribution in [0.5, 0.6) is 5.75 Å². The Morgan fingerprint density at radius 1 is 1.45 bits per heavy atom. The molecule has 0 bridgehead atoms. The largest absolute Gasteiger partial charge is 0.505 e. The number of phenols is 1. The zero-order valence-corrected chi connectivity index (χ0v) is 12.2. The number of aromatic hydroxyl groups is 1. The summed E-state index contributed by atoms with van der Waals surface area (Å²) in [6.45, 7) is 9.83. The Hall–Kier alpha value is -1.52. The van der Waals surface area contributed by atoms with Gasteiger partial charge < -0.3 is 16.2 Å². The van der Waals surface area contributed by atoms with Gasteiger partial charge in [-0.3, -0.25) is 4.90 Å². The molecular weight excluding hydrogens is 250 g/mol. The first-order valence-corrected chi connectivity index (χ1v) is 7.28. The van der Waals surface area contributed by atoms with E-state index in [9.17, 15) is 5.11 Å². The van der Waals surface area contributed by atoms with Crippen LogP contribution >= 0.6 is 0 Å². The summed E-state index contributed by atoms with van der Waals surface area (Å²) in [5, 5.41) is 13.8. The number of nitrogens with two attached hydrogens (primary N) is 1. The number of anilines is 1. The van der Waals surface area contributed by atoms with Crippen LogP contribution in [0, 0.1) is 6.92 Å². The molecule has 0 saturated carbocycles. The highest BCUT2D eigenvalue weighted by Gasteiger charge is 2.26. The van der Waals surface area contributed by atoms with Crippen LogP contribution in [0.2, 0.25) is 0 Å². The third kappa shape index (κ3) is 3.14. The topological polar surface area (TPSA) is 61.5 Å². The van der Waals surface area contributed by atoms with E-state index in [0.717, 1.165) is 50.1 Å². The maximum absolute atomic E-state index is 10.4. The number of nitrogens with one attached hydrogen (secondary N) is 1. The van der Waals surface area contributed by atoms with Crippen molar-refractivity contribution in [3.63, 3.8) is 0 Å². The number of hydrogen-bond donors (Lipinski definition) is 3. The molecule has 1 aliphatic heterocycles. The lowest BCUT2D eigenvalue weighted by Gasteiger charge is -2.36. The number of hydrogen-bond acceptors (Lipinski definition) is 4. The fourth-order valence-corrected chi connectivity index (χ4v) is 2.93. The van der Waals surface area contributed by atoms with Crippen molar-refractivity contribution in [1.29, 1.82) is 0 Å². The Morgan fingerprint density at radius 2 is 2.15 bits per heavy atom. The molecular formula is C16H25N3O. The Morgan fingerprint density at radius 3 is 2.80 bits per heavy atom. The number of nitrogens with zero attached hydrogens (tertiary/aromatic N) is 1. The van der Waals surface area contributed by atoms with Crippen molar-refractivity contribution >= 4 is 5.69 Å². The minimum atomic E-state index is 0.207. The van der Waals surface area contributed by atoms with Gasteiger partial charge in [-0.05, 0) is 31.4 Å². The summed E-state index contributed by atoms with van der Waals surface area (Å²) in [7, 11) is 0. The van der Waals surface area contributed by atoms with Crippen LogP contribution in [0.4, 0.5) is 5.69 Å². The lowest BCUT2D eigenvalue weighted by molar-refractivity contribution is 0.163. The third-order valence-corrected chi connectivity index (χ3v) is 4.04. The molecule has 1 saturated heterocycles. The van der Waals surface area contributed by atoms with Gasteiger partial charge in [-0.2, -0.15) is 0 Å². The van der Waals surface area contributed by atoms with Crippen molar-refractivity contribution < 1.29 is 5.11 Å². The van der Waals surface area contributed by atoms with E-state index in [-0.39, 0.29) is 11.8 Å². The average molecular weight is 275 g/mol. The van der Waals surface area contributed by atoms with Crippen LogP contribution in [0.3, 0.4) is 0 Å². The molecule has 0 spiro atoms. The summed E-state index contributed by atoms with van der Waals surface area (Å²) < 4.78 is 0. The standard InChI is InChI=1S/C16H25N3O/c1-3-4-5-14(19-10-8-18-9-11-19)15-12(2)6-7-13(17)16(15)20/h3,6-7,14,18,20H,1,4-5,8-11,17H2,2H3/t14-/m1/s1. The monoisotopic (exact) mass is 275 g/mol. The van der Waals surface area contributed by atoms with Gasteiger partial charge >= 0.3 is 0 Å². The highest BCUT2D eigenvalue weighted by molar-refractivity contribution is 5.59. The Labute approximate surface area is 121 Å². The van der Waals surface area contributed by atoms with Crippen LogP contribution in [0.1, 0.15) is 30.0 Å². The van der Waals surface area contributed by atoms with E-state index >= 15 is 0 Å². The number of allylic oxidation sites excluding steroid dienone is 1. The van der Waals surface area contributed by atoms with Gasteiger partial charge in [-0.25, -0.2) is 0 Å². The van der Waals surface area contributed by atoms with Crippen molar-refractivity contribution in [2.45, 2.75) is 25.8 Å². The summed E-state index contributed by atoms with van der Waals surface area (Å²) in [6, 6.07) is 3.97. The van der Waals surface area contributed by atoms with Gasteiger partial charge in [0.15, 0.2) is 0 Å². The lowest BCUT2D eigenvalue weighted by Crippen LogP contribution is -2.45. The summed E-state index contributed by atoms with van der Waals surface area (Å²) in [5.74, 6) is 0.248. The SMILES string of the molecule is C=CCC[C@H](c1c(C)ccc(N)c1O)N1CCNCC1. The van der Waals surface area contributed by atoms with Gasteiger partial charge in [0, 0.05) is 37.8 Å². The summed E-state index contributed by atoms with van der Waals surface area (Å²) in [4.78, 5) is 2.43. The van der Waals surface area contributed by atoms with Crippen LogP contribution in [-0.4, -0.2) is 36.2 Å². The number of phenolic OH excluding ortho intramolecular Hbond substituents is 1. The number of rotatable bonds is 5. The molecule has 1 heterocycles. The molecule has 1 fully saturated rings. The normalized spacial score (nSPS) is 17.9. The smallest absolute Gasteiger partial charge is 0.143 e. The molecule has 4 heteroatoms. The predicted octanol–water partition coefficient (Wildman–Crippen LogP) is 2.20. The Balaban J connectivity index is 2.34. The second-order valence-electron chi connectivity index (χ2n) is 5.40. The van der Waals surface area contributed by atoms with Crippen LogP contribution in [0.15, 0.2) is 24.8 Å². The minimum absolute atomic E-state index is 0.207. The van der Waals surface area contributed by atoms with Gasteiger partial charge in [0.05, 0.1) is 5.69 Å². The summed E-state index contributed by atoms with van der Waals surface area (Å²) in [6.07, 6.45) is 3.83. The van der Waals surface area contributed by atoms with Crippen molar-refractivity contribution in [3.05, 3.63) is 35.9 Å². The van der Waals surface area contributed by atoms with Crippen molar-refractivity contribution in [1.82, 2.24) is 10.2 Å². The molecule has 1 aromatic rings. The van der Waals surface area contributed by atoms with E-state index in [1.54, 1.807) is 6.07 Å². The maximum atomic E-state index is 10.4. The molecule has 1 atom stereocenters.